The molecule has 0 bridgehead atoms. The van der Waals surface area contributed by atoms with E-state index in [2.05, 4.69) is 0 Å². The van der Waals surface area contributed by atoms with Crippen molar-refractivity contribution < 1.29 is 29.0 Å². The van der Waals surface area contributed by atoms with Gasteiger partial charge in [0.05, 0.1) is 12.7 Å². The number of cyclic esters (lactones) is 1. The molecular formula is C15H12O6. The molecule has 1 aromatic rings. The molecule has 6 heteroatoms. The van der Waals surface area contributed by atoms with Crippen molar-refractivity contribution in [2.45, 2.75) is 19.4 Å². The summed E-state index contributed by atoms with van der Waals surface area (Å²) in [5.74, 6) is -2.07. The van der Waals surface area contributed by atoms with E-state index in [-0.39, 0.29) is 40.2 Å². The molecule has 2 aliphatic rings. The molecule has 0 aromatic heterocycles. The summed E-state index contributed by atoms with van der Waals surface area (Å²) >= 11 is 0. The van der Waals surface area contributed by atoms with Crippen molar-refractivity contribution in [3.8, 4) is 11.5 Å². The molecule has 1 aliphatic carbocycles. The van der Waals surface area contributed by atoms with E-state index < -0.39 is 23.6 Å². The van der Waals surface area contributed by atoms with E-state index in [0.717, 1.165) is 0 Å². The molecule has 1 N–H and O–H groups in total. The number of phenolic OH excluding ortho intramolecular Hbond substituents is 1. The predicted molar refractivity (Wildman–Crippen MR) is 70.5 cm³/mol. The maximum Gasteiger partial charge on any atom is 0.342 e. The van der Waals surface area contributed by atoms with Crippen LogP contribution in [0.5, 0.6) is 11.5 Å². The fourth-order valence-corrected chi connectivity index (χ4v) is 2.66. The van der Waals surface area contributed by atoms with Crippen molar-refractivity contribution in [1.82, 2.24) is 0 Å². The van der Waals surface area contributed by atoms with Gasteiger partial charge < -0.3 is 14.6 Å². The highest BCUT2D eigenvalue weighted by molar-refractivity contribution is 6.36. The third-order valence-corrected chi connectivity index (χ3v) is 3.61. The number of fused-ring (bicyclic) bond motifs is 1. The molecule has 0 fully saturated rings. The third-order valence-electron chi connectivity index (χ3n) is 3.61. The fourth-order valence-electron chi connectivity index (χ4n) is 2.66. The Bertz CT molecular complexity index is 728. The minimum Gasteiger partial charge on any atom is -0.507 e. The van der Waals surface area contributed by atoms with Gasteiger partial charge in [-0.15, -0.1) is 0 Å². The Hall–Kier alpha value is -2.63. The average molecular weight is 288 g/mol. The van der Waals surface area contributed by atoms with Gasteiger partial charge in [0.2, 0.25) is 5.78 Å². The van der Waals surface area contributed by atoms with Crippen LogP contribution in [0.15, 0.2) is 23.3 Å². The van der Waals surface area contributed by atoms with Gasteiger partial charge in [0.25, 0.3) is 0 Å². The van der Waals surface area contributed by atoms with Crippen LogP contribution in [-0.4, -0.2) is 35.9 Å². The summed E-state index contributed by atoms with van der Waals surface area (Å²) in [6, 6.07) is 2.62. The van der Waals surface area contributed by atoms with E-state index >= 15 is 0 Å². The second-order valence-electron chi connectivity index (χ2n) is 5.00. The molecule has 0 radical (unpaired) electrons. The number of hydrogen-bond acceptors (Lipinski definition) is 6. The molecule has 0 amide bonds. The van der Waals surface area contributed by atoms with Gasteiger partial charge in [0.15, 0.2) is 5.78 Å². The standard InChI is InChI=1S/C15H12O6/c1-6-3-8-12(15(19)21-6)14(18)11-9(13(8)17)4-7(20-2)5-10(11)16/h4-6,16H,3H2,1-2H3/t6-/m0/s1. The lowest BCUT2D eigenvalue weighted by Crippen LogP contribution is -2.35. The lowest BCUT2D eigenvalue weighted by Gasteiger charge is -2.27. The molecule has 3 rings (SSSR count). The van der Waals surface area contributed by atoms with Gasteiger partial charge in [-0.25, -0.2) is 4.79 Å². The Morgan fingerprint density at radius 3 is 2.62 bits per heavy atom. The molecule has 0 saturated carbocycles. The maximum absolute atomic E-state index is 12.5. The van der Waals surface area contributed by atoms with Crippen LogP contribution in [0.25, 0.3) is 0 Å². The quantitative estimate of drug-likeness (QED) is 0.620. The van der Waals surface area contributed by atoms with Gasteiger partial charge in [0, 0.05) is 23.6 Å². The van der Waals surface area contributed by atoms with Gasteiger partial charge in [0.1, 0.15) is 23.2 Å². The van der Waals surface area contributed by atoms with Crippen LogP contribution in [0.2, 0.25) is 0 Å². The minimum atomic E-state index is -0.817. The summed E-state index contributed by atoms with van der Waals surface area (Å²) < 4.78 is 9.99. The first-order valence-corrected chi connectivity index (χ1v) is 6.38. The van der Waals surface area contributed by atoms with Crippen molar-refractivity contribution in [2.75, 3.05) is 7.11 Å². The Labute approximate surface area is 120 Å². The number of ether oxygens (including phenoxy) is 2. The first kappa shape index (κ1) is 13.4. The summed E-state index contributed by atoms with van der Waals surface area (Å²) in [6.45, 7) is 1.65. The van der Waals surface area contributed by atoms with E-state index in [1.807, 2.05) is 0 Å². The second-order valence-corrected chi connectivity index (χ2v) is 5.00. The number of rotatable bonds is 1. The highest BCUT2D eigenvalue weighted by Crippen LogP contribution is 2.38. The van der Waals surface area contributed by atoms with Crippen molar-refractivity contribution in [2.24, 2.45) is 0 Å². The van der Waals surface area contributed by atoms with E-state index in [9.17, 15) is 19.5 Å². The van der Waals surface area contributed by atoms with Crippen LogP contribution >= 0.6 is 0 Å². The van der Waals surface area contributed by atoms with E-state index in [0.29, 0.717) is 0 Å². The van der Waals surface area contributed by atoms with E-state index in [1.54, 1.807) is 6.92 Å². The van der Waals surface area contributed by atoms with Crippen LogP contribution in [-0.2, 0) is 9.53 Å². The summed E-state index contributed by atoms with van der Waals surface area (Å²) in [5, 5.41) is 9.96. The lowest BCUT2D eigenvalue weighted by atomic mass is 9.80. The lowest BCUT2D eigenvalue weighted by molar-refractivity contribution is -0.144. The highest BCUT2D eigenvalue weighted by Gasteiger charge is 2.42. The molecule has 1 aromatic carbocycles. The molecular weight excluding hydrogens is 276 g/mol. The molecule has 6 nitrogen and oxygen atoms in total. The molecule has 1 heterocycles. The monoisotopic (exact) mass is 288 g/mol. The van der Waals surface area contributed by atoms with Gasteiger partial charge >= 0.3 is 5.97 Å². The van der Waals surface area contributed by atoms with E-state index in [1.165, 1.54) is 19.2 Å². The number of esters is 1. The number of ketones is 2. The molecule has 0 unspecified atom stereocenters. The number of benzene rings is 1. The summed E-state index contributed by atoms with van der Waals surface area (Å²) in [5.41, 5.74) is -0.251. The van der Waals surface area contributed by atoms with Crippen molar-refractivity contribution in [3.05, 3.63) is 34.4 Å². The Morgan fingerprint density at radius 2 is 1.95 bits per heavy atom. The molecule has 108 valence electrons. The number of methoxy groups -OCH3 is 1. The number of hydrogen-bond donors (Lipinski definition) is 1. The molecule has 1 aliphatic heterocycles. The highest BCUT2D eigenvalue weighted by atomic mass is 16.5. The zero-order chi connectivity index (χ0) is 15.3. The van der Waals surface area contributed by atoms with Crippen LogP contribution in [0.4, 0.5) is 0 Å². The number of carbonyl (C=O) groups is 3. The Morgan fingerprint density at radius 1 is 1.24 bits per heavy atom. The first-order chi connectivity index (χ1) is 9.93. The predicted octanol–water partition coefficient (Wildman–Crippen LogP) is 1.41. The van der Waals surface area contributed by atoms with Crippen LogP contribution in [0, 0.1) is 0 Å². The normalized spacial score (nSPS) is 20.9. The average Bonchev–Trinajstić information content (AvgIpc) is 2.43. The van der Waals surface area contributed by atoms with Gasteiger partial charge in [-0.1, -0.05) is 0 Å². The molecule has 0 saturated heterocycles. The third kappa shape index (κ3) is 1.83. The smallest absolute Gasteiger partial charge is 0.342 e. The van der Waals surface area contributed by atoms with Crippen molar-refractivity contribution in [3.63, 3.8) is 0 Å². The van der Waals surface area contributed by atoms with Crippen LogP contribution in [0.1, 0.15) is 34.1 Å². The van der Waals surface area contributed by atoms with Crippen molar-refractivity contribution in [1.29, 1.82) is 0 Å². The summed E-state index contributed by atoms with van der Waals surface area (Å²) in [7, 11) is 1.39. The number of Topliss-reactive ketones (excluding diaryl/α,β-unsaturated/α-hetero) is 2. The van der Waals surface area contributed by atoms with Gasteiger partial charge in [-0.2, -0.15) is 0 Å². The Kier molecular flexibility index (Phi) is 2.83. The Balaban J connectivity index is 2.25. The second kappa shape index (κ2) is 4.44. The van der Waals surface area contributed by atoms with E-state index in [4.69, 9.17) is 9.47 Å². The number of aromatic hydroxyl groups is 1. The zero-order valence-corrected chi connectivity index (χ0v) is 11.4. The largest absolute Gasteiger partial charge is 0.507 e. The fraction of sp³-hybridized carbons (Fsp3) is 0.267. The molecule has 21 heavy (non-hydrogen) atoms. The maximum atomic E-state index is 12.5. The SMILES string of the molecule is COc1cc(O)c2c(c1)C(=O)C1=C(C(=O)O[C@@H](C)C1)C2=O. The molecule has 1 atom stereocenters. The topological polar surface area (TPSA) is 89.9 Å². The van der Waals surface area contributed by atoms with Crippen LogP contribution < -0.4 is 4.74 Å². The van der Waals surface area contributed by atoms with Crippen LogP contribution in [0.3, 0.4) is 0 Å². The summed E-state index contributed by atoms with van der Waals surface area (Å²) in [6.07, 6.45) is -0.281. The van der Waals surface area contributed by atoms with Gasteiger partial charge in [-0.05, 0) is 13.0 Å². The minimum absolute atomic E-state index is 0.0532. The number of carbonyl (C=O) groups excluding carboxylic acids is 3. The first-order valence-electron chi connectivity index (χ1n) is 6.38. The zero-order valence-electron chi connectivity index (χ0n) is 11.4. The molecule has 0 spiro atoms. The summed E-state index contributed by atoms with van der Waals surface area (Å²) in [4.78, 5) is 36.8. The van der Waals surface area contributed by atoms with Gasteiger partial charge in [-0.3, -0.25) is 9.59 Å². The van der Waals surface area contributed by atoms with Crippen molar-refractivity contribution >= 4 is 17.5 Å². The number of phenols is 1.